The van der Waals surface area contributed by atoms with Crippen molar-refractivity contribution >= 4 is 45.3 Å². The van der Waals surface area contributed by atoms with E-state index in [9.17, 15) is 14.9 Å². The summed E-state index contributed by atoms with van der Waals surface area (Å²) in [6.45, 7) is 0. The number of halogens is 1. The van der Waals surface area contributed by atoms with E-state index in [1.165, 1.54) is 23.6 Å². The molecule has 7 heteroatoms. The number of nitro benzene ring substituents is 1. The van der Waals surface area contributed by atoms with Crippen LogP contribution in [-0.4, -0.2) is 15.7 Å². The number of aromatic nitrogens is 1. The second kappa shape index (κ2) is 4.73. The lowest BCUT2D eigenvalue weighted by Crippen LogP contribution is -1.99. The highest BCUT2D eigenvalue weighted by Gasteiger charge is 2.23. The third-order valence-corrected chi connectivity index (χ3v) is 4.29. The molecule has 0 unspecified atom stereocenters. The average molecular weight is 307 g/mol. The van der Waals surface area contributed by atoms with Gasteiger partial charge in [-0.25, -0.2) is 0 Å². The van der Waals surface area contributed by atoms with Crippen LogP contribution in [0.1, 0.15) is 15.2 Å². The SMILES string of the molecule is O=C(c1sccc1Cl)c1c[nH]c2cccc([N+](=O)[O-])c12. The van der Waals surface area contributed by atoms with Crippen LogP contribution in [-0.2, 0) is 0 Å². The van der Waals surface area contributed by atoms with Crippen molar-refractivity contribution in [3.63, 3.8) is 0 Å². The number of rotatable bonds is 3. The Hall–Kier alpha value is -2.18. The number of hydrogen-bond donors (Lipinski definition) is 1. The molecule has 0 aliphatic carbocycles. The molecule has 0 atom stereocenters. The predicted molar refractivity (Wildman–Crippen MR) is 77.7 cm³/mol. The fourth-order valence-corrected chi connectivity index (χ4v) is 3.17. The lowest BCUT2D eigenvalue weighted by atomic mass is 10.1. The summed E-state index contributed by atoms with van der Waals surface area (Å²) < 4.78 is 0. The van der Waals surface area contributed by atoms with Crippen molar-refractivity contribution in [2.45, 2.75) is 0 Å². The zero-order valence-electron chi connectivity index (χ0n) is 9.92. The molecule has 20 heavy (non-hydrogen) atoms. The van der Waals surface area contributed by atoms with E-state index in [4.69, 9.17) is 11.6 Å². The summed E-state index contributed by atoms with van der Waals surface area (Å²) in [4.78, 5) is 26.3. The minimum Gasteiger partial charge on any atom is -0.360 e. The van der Waals surface area contributed by atoms with Crippen LogP contribution in [0.15, 0.2) is 35.8 Å². The van der Waals surface area contributed by atoms with E-state index in [0.717, 1.165) is 0 Å². The number of hydrogen-bond acceptors (Lipinski definition) is 4. The molecule has 0 saturated carbocycles. The molecule has 2 aromatic heterocycles. The van der Waals surface area contributed by atoms with Crippen molar-refractivity contribution in [1.29, 1.82) is 0 Å². The van der Waals surface area contributed by atoms with Crippen LogP contribution in [0.4, 0.5) is 5.69 Å². The number of nitrogens with zero attached hydrogens (tertiary/aromatic N) is 1. The molecular weight excluding hydrogens is 300 g/mol. The fourth-order valence-electron chi connectivity index (χ4n) is 2.07. The second-order valence-corrected chi connectivity index (χ2v) is 5.41. The lowest BCUT2D eigenvalue weighted by Gasteiger charge is -1.99. The first-order valence-corrected chi connectivity index (χ1v) is 6.87. The molecule has 0 aliphatic heterocycles. The Labute approximate surface area is 122 Å². The summed E-state index contributed by atoms with van der Waals surface area (Å²) in [5.41, 5.74) is 0.714. The average Bonchev–Trinajstić information content (AvgIpc) is 3.03. The van der Waals surface area contributed by atoms with Crippen LogP contribution in [0.25, 0.3) is 10.9 Å². The number of nitrogens with one attached hydrogen (secondary N) is 1. The van der Waals surface area contributed by atoms with Crippen molar-refractivity contribution in [3.8, 4) is 0 Å². The largest absolute Gasteiger partial charge is 0.360 e. The molecule has 3 rings (SSSR count). The fraction of sp³-hybridized carbons (Fsp3) is 0. The monoisotopic (exact) mass is 306 g/mol. The van der Waals surface area contributed by atoms with Crippen molar-refractivity contribution in [3.05, 3.63) is 61.4 Å². The molecule has 0 aliphatic rings. The first kappa shape index (κ1) is 12.8. The Bertz CT molecular complexity index is 837. The molecule has 0 spiro atoms. The van der Waals surface area contributed by atoms with Gasteiger partial charge < -0.3 is 4.98 Å². The van der Waals surface area contributed by atoms with Gasteiger partial charge in [0.15, 0.2) is 0 Å². The minimum absolute atomic E-state index is 0.0974. The maximum Gasteiger partial charge on any atom is 0.279 e. The number of carbonyl (C=O) groups excluding carboxylic acids is 1. The maximum absolute atomic E-state index is 12.5. The minimum atomic E-state index is -0.497. The van der Waals surface area contributed by atoms with Gasteiger partial charge in [0.05, 0.1) is 31.3 Å². The topological polar surface area (TPSA) is 76.0 Å². The quantitative estimate of drug-likeness (QED) is 0.451. The van der Waals surface area contributed by atoms with Gasteiger partial charge in [-0.3, -0.25) is 14.9 Å². The molecular formula is C13H7ClN2O3S. The van der Waals surface area contributed by atoms with Gasteiger partial charge in [0.1, 0.15) is 0 Å². The van der Waals surface area contributed by atoms with Gasteiger partial charge >= 0.3 is 0 Å². The molecule has 1 N–H and O–H groups in total. The van der Waals surface area contributed by atoms with Crippen molar-refractivity contribution < 1.29 is 9.72 Å². The Kier molecular flexibility index (Phi) is 3.04. The first-order valence-electron chi connectivity index (χ1n) is 5.62. The van der Waals surface area contributed by atoms with Gasteiger partial charge in [0.25, 0.3) is 5.69 Å². The molecule has 100 valence electrons. The summed E-state index contributed by atoms with van der Waals surface area (Å²) in [5, 5.41) is 13.5. The lowest BCUT2D eigenvalue weighted by molar-refractivity contribution is -0.383. The van der Waals surface area contributed by atoms with Crippen molar-refractivity contribution in [2.24, 2.45) is 0 Å². The van der Waals surface area contributed by atoms with Crippen molar-refractivity contribution in [2.75, 3.05) is 0 Å². The number of ketones is 1. The number of nitro groups is 1. The highest BCUT2D eigenvalue weighted by molar-refractivity contribution is 7.13. The van der Waals surface area contributed by atoms with E-state index >= 15 is 0 Å². The second-order valence-electron chi connectivity index (χ2n) is 4.09. The van der Waals surface area contributed by atoms with E-state index in [-0.39, 0.29) is 17.0 Å². The third kappa shape index (κ3) is 1.90. The standard InChI is InChI=1S/C13H7ClN2O3S/c14-8-4-5-20-13(8)12(17)7-6-15-9-2-1-3-10(11(7)9)16(18)19/h1-6,15H. The Morgan fingerprint density at radius 1 is 1.35 bits per heavy atom. The van der Waals surface area contributed by atoms with Gasteiger partial charge in [0, 0.05) is 12.3 Å². The number of aromatic amines is 1. The van der Waals surface area contributed by atoms with Gasteiger partial charge in [-0.05, 0) is 17.5 Å². The zero-order valence-corrected chi connectivity index (χ0v) is 11.5. The Morgan fingerprint density at radius 3 is 2.80 bits per heavy atom. The summed E-state index contributed by atoms with van der Waals surface area (Å²) in [6.07, 6.45) is 1.48. The summed E-state index contributed by atoms with van der Waals surface area (Å²) >= 11 is 7.16. The summed E-state index contributed by atoms with van der Waals surface area (Å²) in [7, 11) is 0. The third-order valence-electron chi connectivity index (χ3n) is 2.95. The zero-order chi connectivity index (χ0) is 14.3. The number of H-pyrrole nitrogens is 1. The molecule has 5 nitrogen and oxygen atoms in total. The van der Waals surface area contributed by atoms with E-state index in [1.807, 2.05) is 0 Å². The van der Waals surface area contributed by atoms with Gasteiger partial charge in [-0.15, -0.1) is 11.3 Å². The molecule has 0 fully saturated rings. The summed E-state index contributed by atoms with van der Waals surface area (Å²) in [5.74, 6) is -0.314. The van der Waals surface area contributed by atoms with E-state index in [1.54, 1.807) is 23.6 Å². The number of fused-ring (bicyclic) bond motifs is 1. The normalized spacial score (nSPS) is 10.8. The molecule has 0 bridgehead atoms. The van der Waals surface area contributed by atoms with Crippen LogP contribution < -0.4 is 0 Å². The van der Waals surface area contributed by atoms with E-state index in [0.29, 0.717) is 20.8 Å². The van der Waals surface area contributed by atoms with Crippen LogP contribution in [0.2, 0.25) is 5.02 Å². The molecule has 2 heterocycles. The maximum atomic E-state index is 12.5. The molecule has 0 radical (unpaired) electrons. The number of thiophene rings is 1. The van der Waals surface area contributed by atoms with Crippen molar-refractivity contribution in [1.82, 2.24) is 4.98 Å². The van der Waals surface area contributed by atoms with Gasteiger partial charge in [0.2, 0.25) is 5.78 Å². The van der Waals surface area contributed by atoms with Crippen LogP contribution in [0.5, 0.6) is 0 Å². The number of non-ortho nitro benzene ring substituents is 1. The first-order chi connectivity index (χ1) is 9.59. The van der Waals surface area contributed by atoms with E-state index in [2.05, 4.69) is 4.98 Å². The van der Waals surface area contributed by atoms with Gasteiger partial charge in [-0.1, -0.05) is 17.7 Å². The Balaban J connectivity index is 2.25. The predicted octanol–water partition coefficient (Wildman–Crippen LogP) is 4.02. The van der Waals surface area contributed by atoms with Crippen LogP contribution >= 0.6 is 22.9 Å². The highest BCUT2D eigenvalue weighted by atomic mass is 35.5. The highest BCUT2D eigenvalue weighted by Crippen LogP contribution is 2.32. The number of benzene rings is 1. The summed E-state index contributed by atoms with van der Waals surface area (Å²) in [6, 6.07) is 6.27. The van der Waals surface area contributed by atoms with Gasteiger partial charge in [-0.2, -0.15) is 0 Å². The molecule has 0 amide bonds. The molecule has 1 aromatic carbocycles. The van der Waals surface area contributed by atoms with Crippen LogP contribution in [0, 0.1) is 10.1 Å². The smallest absolute Gasteiger partial charge is 0.279 e. The molecule has 3 aromatic rings. The Morgan fingerprint density at radius 2 is 2.15 bits per heavy atom. The van der Waals surface area contributed by atoms with E-state index < -0.39 is 4.92 Å². The van der Waals surface area contributed by atoms with Crippen LogP contribution in [0.3, 0.4) is 0 Å². The number of carbonyl (C=O) groups is 1. The molecule has 0 saturated heterocycles.